The molecule has 3 nitrogen and oxygen atoms in total. The van der Waals surface area contributed by atoms with E-state index in [1.807, 2.05) is 30.5 Å². The Morgan fingerprint density at radius 2 is 2.36 bits per heavy atom. The highest BCUT2D eigenvalue weighted by atomic mass is 16.5. The molecule has 1 rings (SSSR count). The third-order valence-corrected chi connectivity index (χ3v) is 1.80. The summed E-state index contributed by atoms with van der Waals surface area (Å²) in [5.74, 6) is 0.804. The summed E-state index contributed by atoms with van der Waals surface area (Å²) in [6.07, 6.45) is 4.05. The zero-order valence-corrected chi connectivity index (χ0v) is 8.29. The van der Waals surface area contributed by atoms with Crippen molar-refractivity contribution in [3.8, 4) is 11.9 Å². The monoisotopic (exact) mass is 190 g/mol. The second-order valence-electron chi connectivity index (χ2n) is 2.97. The first-order valence-corrected chi connectivity index (χ1v) is 4.74. The van der Waals surface area contributed by atoms with Crippen LogP contribution in [0.25, 0.3) is 0 Å². The summed E-state index contributed by atoms with van der Waals surface area (Å²) in [7, 11) is 0. The molecule has 0 fully saturated rings. The minimum atomic E-state index is 0.729. The third kappa shape index (κ3) is 3.36. The number of nitriles is 1. The van der Waals surface area contributed by atoms with Crippen LogP contribution in [0.3, 0.4) is 0 Å². The number of hydrogen-bond donors (Lipinski definition) is 1. The van der Waals surface area contributed by atoms with Gasteiger partial charge in [0.25, 0.3) is 0 Å². The Morgan fingerprint density at radius 1 is 1.50 bits per heavy atom. The summed E-state index contributed by atoms with van der Waals surface area (Å²) in [5, 5.41) is 11.0. The van der Waals surface area contributed by atoms with Crippen molar-refractivity contribution in [1.82, 2.24) is 0 Å². The molecule has 0 saturated heterocycles. The largest absolute Gasteiger partial charge is 0.494 e. The number of anilines is 1. The molecule has 0 saturated carbocycles. The molecule has 3 heteroatoms. The van der Waals surface area contributed by atoms with Crippen molar-refractivity contribution in [2.45, 2.75) is 19.8 Å². The Kier molecular flexibility index (Phi) is 4.36. The zero-order chi connectivity index (χ0) is 10.2. The predicted molar refractivity (Wildman–Crippen MR) is 56.1 cm³/mol. The van der Waals surface area contributed by atoms with Crippen LogP contribution < -0.4 is 10.1 Å². The molecule has 0 bridgehead atoms. The van der Waals surface area contributed by atoms with Crippen LogP contribution in [0.4, 0.5) is 5.69 Å². The van der Waals surface area contributed by atoms with Crippen molar-refractivity contribution in [2.75, 3.05) is 11.9 Å². The lowest BCUT2D eigenvalue weighted by Gasteiger charge is -2.05. The highest BCUT2D eigenvalue weighted by Gasteiger charge is 1.95. The average Bonchev–Trinajstić information content (AvgIpc) is 2.19. The van der Waals surface area contributed by atoms with Crippen LogP contribution in [-0.2, 0) is 0 Å². The maximum Gasteiger partial charge on any atom is 0.181 e. The van der Waals surface area contributed by atoms with E-state index in [0.717, 1.165) is 30.9 Å². The maximum atomic E-state index is 8.42. The molecule has 0 aliphatic rings. The number of unbranched alkanes of at least 4 members (excludes halogenated alkanes) is 1. The molecule has 1 aromatic carbocycles. The van der Waals surface area contributed by atoms with E-state index in [-0.39, 0.29) is 0 Å². The summed E-state index contributed by atoms with van der Waals surface area (Å²) in [5.41, 5.74) is 0.765. The van der Waals surface area contributed by atoms with Gasteiger partial charge in [0.1, 0.15) is 5.75 Å². The first-order chi connectivity index (χ1) is 6.86. The molecule has 1 N–H and O–H groups in total. The van der Waals surface area contributed by atoms with Gasteiger partial charge in [0.05, 0.1) is 12.3 Å². The van der Waals surface area contributed by atoms with Crippen molar-refractivity contribution >= 4 is 5.69 Å². The van der Waals surface area contributed by atoms with Crippen molar-refractivity contribution < 1.29 is 4.74 Å². The quantitative estimate of drug-likeness (QED) is 0.441. The molecule has 0 aliphatic heterocycles. The predicted octanol–water partition coefficient (Wildman–Crippen LogP) is 2.76. The molecule has 0 amide bonds. The van der Waals surface area contributed by atoms with Gasteiger partial charge in [-0.15, -0.1) is 0 Å². The van der Waals surface area contributed by atoms with Gasteiger partial charge in [0.2, 0.25) is 0 Å². The van der Waals surface area contributed by atoms with Gasteiger partial charge >= 0.3 is 0 Å². The van der Waals surface area contributed by atoms with E-state index in [1.165, 1.54) is 0 Å². The lowest BCUT2D eigenvalue weighted by Crippen LogP contribution is -1.96. The Hall–Kier alpha value is -1.69. The zero-order valence-electron chi connectivity index (χ0n) is 8.29. The fraction of sp³-hybridized carbons (Fsp3) is 0.364. The van der Waals surface area contributed by atoms with Crippen molar-refractivity contribution in [2.24, 2.45) is 0 Å². The lowest BCUT2D eigenvalue weighted by molar-refractivity contribution is 0.309. The van der Waals surface area contributed by atoms with E-state index in [2.05, 4.69) is 12.2 Å². The van der Waals surface area contributed by atoms with Crippen LogP contribution in [0, 0.1) is 11.5 Å². The van der Waals surface area contributed by atoms with Crippen LogP contribution >= 0.6 is 0 Å². The molecule has 1 aromatic rings. The average molecular weight is 190 g/mol. The van der Waals surface area contributed by atoms with Crippen LogP contribution in [0.5, 0.6) is 5.75 Å². The first-order valence-electron chi connectivity index (χ1n) is 4.74. The molecule has 14 heavy (non-hydrogen) atoms. The number of nitrogens with zero attached hydrogens (tertiary/aromatic N) is 1. The molecule has 0 radical (unpaired) electrons. The number of ether oxygens (including phenoxy) is 1. The van der Waals surface area contributed by atoms with Crippen molar-refractivity contribution in [3.63, 3.8) is 0 Å². The molecule has 0 heterocycles. The van der Waals surface area contributed by atoms with E-state index in [0.29, 0.717) is 0 Å². The Bertz CT molecular complexity index is 317. The summed E-state index contributed by atoms with van der Waals surface area (Å²) in [4.78, 5) is 0. The highest BCUT2D eigenvalue weighted by Crippen LogP contribution is 2.17. The minimum absolute atomic E-state index is 0.729. The Balaban J connectivity index is 2.51. The molecule has 0 spiro atoms. The van der Waals surface area contributed by atoms with Crippen LogP contribution in [-0.4, -0.2) is 6.61 Å². The molecule has 0 aromatic heterocycles. The fourth-order valence-corrected chi connectivity index (χ4v) is 1.06. The van der Waals surface area contributed by atoms with Gasteiger partial charge in [-0.2, -0.15) is 5.26 Å². The van der Waals surface area contributed by atoms with Gasteiger partial charge in [0.15, 0.2) is 6.19 Å². The van der Waals surface area contributed by atoms with Gasteiger partial charge < -0.3 is 4.74 Å². The van der Waals surface area contributed by atoms with Crippen LogP contribution in [0.1, 0.15) is 19.8 Å². The number of rotatable bonds is 5. The van der Waals surface area contributed by atoms with Gasteiger partial charge in [-0.1, -0.05) is 19.4 Å². The highest BCUT2D eigenvalue weighted by molar-refractivity contribution is 5.50. The molecule has 74 valence electrons. The summed E-state index contributed by atoms with van der Waals surface area (Å²) in [6, 6.07) is 7.40. The summed E-state index contributed by atoms with van der Waals surface area (Å²) < 4.78 is 5.48. The smallest absolute Gasteiger partial charge is 0.181 e. The number of hydrogen-bond acceptors (Lipinski definition) is 3. The topological polar surface area (TPSA) is 45.0 Å². The minimum Gasteiger partial charge on any atom is -0.494 e. The van der Waals surface area contributed by atoms with Crippen LogP contribution in [0.2, 0.25) is 0 Å². The Labute approximate surface area is 84.3 Å². The summed E-state index contributed by atoms with van der Waals surface area (Å²) in [6.45, 7) is 2.85. The van der Waals surface area contributed by atoms with E-state index in [9.17, 15) is 0 Å². The van der Waals surface area contributed by atoms with Gasteiger partial charge in [-0.05, 0) is 18.6 Å². The SMILES string of the molecule is CCCCOc1cccc(NC#N)c1. The van der Waals surface area contributed by atoms with E-state index < -0.39 is 0 Å². The molecule has 0 aliphatic carbocycles. The van der Waals surface area contributed by atoms with Crippen molar-refractivity contribution in [3.05, 3.63) is 24.3 Å². The van der Waals surface area contributed by atoms with E-state index in [1.54, 1.807) is 0 Å². The molecular formula is C11H14N2O. The Morgan fingerprint density at radius 3 is 3.07 bits per heavy atom. The molecular weight excluding hydrogens is 176 g/mol. The van der Waals surface area contributed by atoms with Crippen molar-refractivity contribution in [1.29, 1.82) is 5.26 Å². The number of benzene rings is 1. The second-order valence-corrected chi connectivity index (χ2v) is 2.97. The van der Waals surface area contributed by atoms with Gasteiger partial charge in [0, 0.05) is 6.07 Å². The fourth-order valence-electron chi connectivity index (χ4n) is 1.06. The van der Waals surface area contributed by atoms with Crippen LogP contribution in [0.15, 0.2) is 24.3 Å². The molecule has 0 atom stereocenters. The molecule has 0 unspecified atom stereocenters. The number of nitrogens with one attached hydrogen (secondary N) is 1. The first kappa shape index (κ1) is 10.4. The van der Waals surface area contributed by atoms with Gasteiger partial charge in [-0.3, -0.25) is 5.32 Å². The van der Waals surface area contributed by atoms with E-state index >= 15 is 0 Å². The van der Waals surface area contributed by atoms with Gasteiger partial charge in [-0.25, -0.2) is 0 Å². The normalized spacial score (nSPS) is 9.14. The summed E-state index contributed by atoms with van der Waals surface area (Å²) >= 11 is 0. The van der Waals surface area contributed by atoms with E-state index in [4.69, 9.17) is 10.00 Å². The second kappa shape index (κ2) is 5.87. The third-order valence-electron chi connectivity index (χ3n) is 1.80. The maximum absolute atomic E-state index is 8.42. The lowest BCUT2D eigenvalue weighted by atomic mass is 10.3. The standard InChI is InChI=1S/C11H14N2O/c1-2-3-7-14-11-6-4-5-10(8-11)13-9-12/h4-6,8,13H,2-3,7H2,1H3.